The van der Waals surface area contributed by atoms with Crippen LogP contribution in [0, 0.1) is 0 Å². The van der Waals surface area contributed by atoms with Gasteiger partial charge in [0.1, 0.15) is 5.75 Å². The Morgan fingerprint density at radius 2 is 1.91 bits per heavy atom. The van der Waals surface area contributed by atoms with Crippen LogP contribution in [0.2, 0.25) is 0 Å². The van der Waals surface area contributed by atoms with E-state index in [0.29, 0.717) is 42.9 Å². The molecule has 3 N–H and O–H groups in total. The minimum absolute atomic E-state index is 0.0111. The maximum Gasteiger partial charge on any atom is 0.387 e. The number of nitrogens with zero attached hydrogens (tertiary/aromatic N) is 1. The number of hydrogen-bond acceptors (Lipinski definition) is 5. The average Bonchev–Trinajstić information content (AvgIpc) is 3.46. The molecule has 1 atom stereocenters. The first-order valence-corrected chi connectivity index (χ1v) is 12.5. The Morgan fingerprint density at radius 1 is 1.15 bits per heavy atom. The minimum Gasteiger partial charge on any atom is -0.435 e. The molecule has 1 aliphatic carbocycles. The van der Waals surface area contributed by atoms with Gasteiger partial charge < -0.3 is 19.8 Å². The third-order valence-electron chi connectivity index (χ3n) is 6.09. The Kier molecular flexibility index (Phi) is 5.65. The van der Waals surface area contributed by atoms with Gasteiger partial charge in [-0.3, -0.25) is 4.72 Å². The Hall–Kier alpha value is -2.85. The molecular weight excluding hydrogens is 452 g/mol. The fraction of sp³-hybridized carbons (Fsp3) is 0.391. The number of hydrogen-bond donors (Lipinski definition) is 2. The Labute approximate surface area is 190 Å². The minimum atomic E-state index is -3.36. The SMILES string of the molecule is Nc1c(-c2ccc(NS(=O)(=O)C3CC3)cc2)n(CC2CCCO2)c2cc(OC(F)F)ccc12. The number of aromatic nitrogens is 1. The number of anilines is 2. The molecule has 3 aromatic rings. The monoisotopic (exact) mass is 477 g/mol. The van der Waals surface area contributed by atoms with Crippen molar-refractivity contribution in [1.29, 1.82) is 0 Å². The molecule has 5 rings (SSSR count). The molecule has 1 saturated heterocycles. The fourth-order valence-corrected chi connectivity index (χ4v) is 5.74. The summed E-state index contributed by atoms with van der Waals surface area (Å²) in [6.07, 6.45) is 3.22. The predicted octanol–water partition coefficient (Wildman–Crippen LogP) is 4.58. The first-order chi connectivity index (χ1) is 15.8. The Bertz CT molecular complexity index is 1270. The van der Waals surface area contributed by atoms with Gasteiger partial charge in [0.05, 0.1) is 28.3 Å². The molecule has 1 saturated carbocycles. The molecule has 10 heteroatoms. The summed E-state index contributed by atoms with van der Waals surface area (Å²) in [5.41, 5.74) is 9.71. The highest BCUT2D eigenvalue weighted by molar-refractivity contribution is 7.93. The largest absolute Gasteiger partial charge is 0.435 e. The second-order valence-electron chi connectivity index (χ2n) is 8.49. The number of nitrogens with one attached hydrogen (secondary N) is 1. The third kappa shape index (κ3) is 4.49. The summed E-state index contributed by atoms with van der Waals surface area (Å²) in [5, 5.41) is 0.412. The van der Waals surface area contributed by atoms with Crippen molar-refractivity contribution < 1.29 is 26.7 Å². The lowest BCUT2D eigenvalue weighted by atomic mass is 10.1. The van der Waals surface area contributed by atoms with Crippen LogP contribution in [-0.4, -0.2) is 37.6 Å². The smallest absolute Gasteiger partial charge is 0.387 e. The van der Waals surface area contributed by atoms with Crippen LogP contribution >= 0.6 is 0 Å². The molecule has 2 aromatic carbocycles. The van der Waals surface area contributed by atoms with Gasteiger partial charge in [0, 0.05) is 35.9 Å². The van der Waals surface area contributed by atoms with Gasteiger partial charge in [0.25, 0.3) is 0 Å². The zero-order chi connectivity index (χ0) is 23.2. The number of alkyl halides is 2. The van der Waals surface area contributed by atoms with Gasteiger partial charge in [-0.05, 0) is 49.9 Å². The molecule has 2 heterocycles. The van der Waals surface area contributed by atoms with E-state index in [1.807, 2.05) is 4.57 Å². The van der Waals surface area contributed by atoms with E-state index in [2.05, 4.69) is 9.46 Å². The van der Waals surface area contributed by atoms with Crippen molar-refractivity contribution in [2.24, 2.45) is 0 Å². The van der Waals surface area contributed by atoms with Crippen LogP contribution in [0.1, 0.15) is 25.7 Å². The lowest BCUT2D eigenvalue weighted by molar-refractivity contribution is -0.0497. The highest BCUT2D eigenvalue weighted by atomic mass is 32.2. The molecule has 0 bridgehead atoms. The average molecular weight is 478 g/mol. The number of benzene rings is 2. The third-order valence-corrected chi connectivity index (χ3v) is 7.96. The normalized spacial score (nSPS) is 18.8. The van der Waals surface area contributed by atoms with Crippen molar-refractivity contribution >= 4 is 32.3 Å². The van der Waals surface area contributed by atoms with Crippen molar-refractivity contribution in [3.05, 3.63) is 42.5 Å². The van der Waals surface area contributed by atoms with Crippen molar-refractivity contribution in [2.45, 2.75) is 50.2 Å². The van der Waals surface area contributed by atoms with Crippen LogP contribution < -0.4 is 15.2 Å². The van der Waals surface area contributed by atoms with E-state index in [9.17, 15) is 17.2 Å². The molecule has 2 aliphatic rings. The van der Waals surface area contributed by atoms with E-state index < -0.39 is 16.6 Å². The molecule has 0 amide bonds. The Morgan fingerprint density at radius 3 is 2.55 bits per heavy atom. The van der Waals surface area contributed by atoms with Crippen LogP contribution in [0.15, 0.2) is 42.5 Å². The summed E-state index contributed by atoms with van der Waals surface area (Å²) in [4.78, 5) is 0. The highest BCUT2D eigenvalue weighted by Crippen LogP contribution is 2.39. The topological polar surface area (TPSA) is 95.6 Å². The first kappa shape index (κ1) is 22.0. The van der Waals surface area contributed by atoms with E-state index in [1.165, 1.54) is 6.07 Å². The number of nitrogens with two attached hydrogens (primary N) is 1. The van der Waals surface area contributed by atoms with Gasteiger partial charge in [-0.2, -0.15) is 8.78 Å². The molecule has 1 unspecified atom stereocenters. The molecule has 33 heavy (non-hydrogen) atoms. The quantitative estimate of drug-likeness (QED) is 0.495. The lowest BCUT2D eigenvalue weighted by Gasteiger charge is -2.16. The van der Waals surface area contributed by atoms with Crippen LogP contribution in [0.3, 0.4) is 0 Å². The van der Waals surface area contributed by atoms with Crippen molar-refractivity contribution in [3.63, 3.8) is 0 Å². The number of fused-ring (bicyclic) bond motifs is 1. The molecule has 0 radical (unpaired) electrons. The number of ether oxygens (including phenoxy) is 2. The molecule has 2 fully saturated rings. The second kappa shape index (κ2) is 8.49. The standard InChI is InChI=1S/C23H25F2N3O4S/c24-23(25)32-16-7-10-19-20(12-16)28(13-17-2-1-11-31-17)22(21(19)26)14-3-5-15(6-4-14)27-33(29,30)18-8-9-18/h3-7,10,12,17-18,23,27H,1-2,8-9,11,13,26H2. The van der Waals surface area contributed by atoms with Gasteiger partial charge in [-0.25, -0.2) is 8.42 Å². The molecular formula is C23H25F2N3O4S. The number of rotatable bonds is 8. The summed E-state index contributed by atoms with van der Waals surface area (Å²) in [6.45, 7) is -1.73. The van der Waals surface area contributed by atoms with E-state index >= 15 is 0 Å². The molecule has 176 valence electrons. The zero-order valence-corrected chi connectivity index (χ0v) is 18.7. The fourth-order valence-electron chi connectivity index (χ4n) is 4.35. The van der Waals surface area contributed by atoms with Crippen LogP contribution in [0.5, 0.6) is 5.75 Å². The number of sulfonamides is 1. The zero-order valence-electron chi connectivity index (χ0n) is 17.8. The summed E-state index contributed by atoms with van der Waals surface area (Å²) >= 11 is 0. The maximum atomic E-state index is 12.8. The summed E-state index contributed by atoms with van der Waals surface area (Å²) in [5.74, 6) is 0.0555. The van der Waals surface area contributed by atoms with E-state index in [-0.39, 0.29) is 17.1 Å². The Balaban J connectivity index is 1.54. The molecule has 1 aliphatic heterocycles. The van der Waals surface area contributed by atoms with Gasteiger partial charge in [-0.15, -0.1) is 0 Å². The predicted molar refractivity (Wildman–Crippen MR) is 123 cm³/mol. The number of halogens is 2. The van der Waals surface area contributed by atoms with Gasteiger partial charge in [0.15, 0.2) is 0 Å². The van der Waals surface area contributed by atoms with E-state index in [0.717, 1.165) is 29.5 Å². The molecule has 0 spiro atoms. The molecule has 7 nitrogen and oxygen atoms in total. The number of nitrogen functional groups attached to an aromatic ring is 1. The summed E-state index contributed by atoms with van der Waals surface area (Å²) in [6, 6.07) is 11.7. The van der Waals surface area contributed by atoms with Crippen LogP contribution in [0.4, 0.5) is 20.2 Å². The highest BCUT2D eigenvalue weighted by Gasteiger charge is 2.35. The van der Waals surface area contributed by atoms with Crippen molar-refractivity contribution in [1.82, 2.24) is 4.57 Å². The summed E-state index contributed by atoms with van der Waals surface area (Å²) in [7, 11) is -3.36. The van der Waals surface area contributed by atoms with Gasteiger partial charge in [0.2, 0.25) is 10.0 Å². The van der Waals surface area contributed by atoms with E-state index in [4.69, 9.17) is 10.5 Å². The lowest BCUT2D eigenvalue weighted by Crippen LogP contribution is -2.17. The van der Waals surface area contributed by atoms with Gasteiger partial charge >= 0.3 is 6.61 Å². The van der Waals surface area contributed by atoms with Crippen LogP contribution in [0.25, 0.3) is 22.2 Å². The summed E-state index contributed by atoms with van der Waals surface area (Å²) < 4.78 is 65.0. The van der Waals surface area contributed by atoms with Gasteiger partial charge in [-0.1, -0.05) is 12.1 Å². The first-order valence-electron chi connectivity index (χ1n) is 10.9. The van der Waals surface area contributed by atoms with E-state index in [1.54, 1.807) is 36.4 Å². The second-order valence-corrected chi connectivity index (χ2v) is 10.4. The van der Waals surface area contributed by atoms with Crippen molar-refractivity contribution in [3.8, 4) is 17.0 Å². The van der Waals surface area contributed by atoms with Crippen molar-refractivity contribution in [2.75, 3.05) is 17.1 Å². The maximum absolute atomic E-state index is 12.8. The molecule has 1 aromatic heterocycles. The van der Waals surface area contributed by atoms with Crippen LogP contribution in [-0.2, 0) is 21.3 Å².